The van der Waals surface area contributed by atoms with E-state index in [4.69, 9.17) is 29.8 Å². The average molecular weight is 982 g/mol. The Hall–Kier alpha value is -6.18. The molecule has 5 aromatic rings. The number of aromatic amines is 1. The standard InChI is InChI=1S/C28H44N4O8.C26H27NO4/c1-15(2)21-19(25(32-31-21)40-26-24(36)23(35)22(34)20(13-33)39-26)12-17-7-8-18(11-16(17)3)38-10-6-9-30-14-28(4,5)27(29)37;1-19-8-14-22(15-9-19)24(28)23-7-5-17-27(23)16-4-6-20-10-12-21(13-11-20)18-31-26(2,3)25(29)30/h7-8,11,15,20,22-24,26,30,33-36H,6,9-10,12-14H2,1-5H3,(H2,29,37)(H,31,32);4-15,17H,16,18H2,1-3H3,(H,29,30)/b;6-4+/t20-,22-,23+,24-,26+;/m1./s1. The van der Waals surface area contributed by atoms with Crippen LogP contribution < -0.4 is 20.5 Å². The molecular weight excluding hydrogens is 911 g/mol. The number of carboxylic acids is 1. The first-order valence-corrected chi connectivity index (χ1v) is 23.8. The molecule has 384 valence electrons. The summed E-state index contributed by atoms with van der Waals surface area (Å²) in [5.74, 6) is -0.271. The first-order chi connectivity index (χ1) is 33.6. The summed E-state index contributed by atoms with van der Waals surface area (Å²) >= 11 is 0. The zero-order valence-corrected chi connectivity index (χ0v) is 41.9. The van der Waals surface area contributed by atoms with Crippen LogP contribution in [-0.4, -0.2) is 121 Å². The summed E-state index contributed by atoms with van der Waals surface area (Å²) in [6.07, 6.45) is 0.173. The molecule has 2 aromatic heterocycles. The van der Waals surface area contributed by atoms with E-state index in [-0.39, 0.29) is 30.1 Å². The van der Waals surface area contributed by atoms with Gasteiger partial charge < -0.3 is 60.1 Å². The smallest absolute Gasteiger partial charge is 0.335 e. The van der Waals surface area contributed by atoms with Gasteiger partial charge in [-0.15, -0.1) is 5.10 Å². The third-order valence-corrected chi connectivity index (χ3v) is 12.3. The number of ether oxygens (including phenoxy) is 4. The molecule has 9 N–H and O–H groups in total. The van der Waals surface area contributed by atoms with Gasteiger partial charge in [0.2, 0.25) is 23.9 Å². The van der Waals surface area contributed by atoms with Crippen LogP contribution in [0, 0.1) is 19.3 Å². The van der Waals surface area contributed by atoms with E-state index in [0.29, 0.717) is 43.9 Å². The van der Waals surface area contributed by atoms with Crippen LogP contribution in [0.15, 0.2) is 91.1 Å². The number of carbonyl (C=O) groups excluding carboxylic acids is 2. The number of carbonyl (C=O) groups is 3. The van der Waals surface area contributed by atoms with Crippen LogP contribution in [-0.2, 0) is 38.6 Å². The van der Waals surface area contributed by atoms with Crippen molar-refractivity contribution in [2.75, 3.05) is 26.3 Å². The van der Waals surface area contributed by atoms with Gasteiger partial charge in [0, 0.05) is 42.5 Å². The third-order valence-electron chi connectivity index (χ3n) is 12.3. The van der Waals surface area contributed by atoms with Crippen molar-refractivity contribution in [3.05, 3.63) is 141 Å². The summed E-state index contributed by atoms with van der Waals surface area (Å²) in [7, 11) is 0. The first-order valence-electron chi connectivity index (χ1n) is 23.8. The summed E-state index contributed by atoms with van der Waals surface area (Å²) in [4.78, 5) is 35.3. The van der Waals surface area contributed by atoms with Crippen molar-refractivity contribution in [1.82, 2.24) is 20.1 Å². The summed E-state index contributed by atoms with van der Waals surface area (Å²) in [6, 6.07) is 24.9. The number of rotatable bonds is 23. The summed E-state index contributed by atoms with van der Waals surface area (Å²) < 4.78 is 24.7. The Labute approximate surface area is 415 Å². The number of aliphatic hydroxyl groups excluding tert-OH is 4. The van der Waals surface area contributed by atoms with Crippen molar-refractivity contribution >= 4 is 23.7 Å². The molecule has 1 saturated heterocycles. The van der Waals surface area contributed by atoms with Gasteiger partial charge in [0.1, 0.15) is 30.2 Å². The second-order valence-corrected chi connectivity index (χ2v) is 19.3. The fourth-order valence-corrected chi connectivity index (χ4v) is 7.39. The number of H-pyrrole nitrogens is 1. The zero-order valence-electron chi connectivity index (χ0n) is 41.9. The van der Waals surface area contributed by atoms with Gasteiger partial charge in [-0.1, -0.05) is 86.2 Å². The monoisotopic (exact) mass is 982 g/mol. The van der Waals surface area contributed by atoms with Gasteiger partial charge in [0.05, 0.1) is 30.9 Å². The number of nitrogens with one attached hydrogen (secondary N) is 2. The number of hydrogen-bond donors (Lipinski definition) is 8. The van der Waals surface area contributed by atoms with Gasteiger partial charge in [0.25, 0.3) is 0 Å². The Balaban J connectivity index is 0.000000272. The lowest BCUT2D eigenvalue weighted by atomic mass is 9.93. The fraction of sp³-hybridized carbons (Fsp3) is 0.444. The number of nitrogens with two attached hydrogens (primary N) is 1. The lowest BCUT2D eigenvalue weighted by Gasteiger charge is -2.39. The van der Waals surface area contributed by atoms with E-state index in [1.165, 1.54) is 13.8 Å². The summed E-state index contributed by atoms with van der Waals surface area (Å²) in [6.45, 7) is 16.7. The number of aliphatic hydroxyl groups is 4. The average Bonchev–Trinajstić information content (AvgIpc) is 3.98. The van der Waals surface area contributed by atoms with Crippen LogP contribution in [0.2, 0.25) is 0 Å². The largest absolute Gasteiger partial charge is 0.494 e. The molecule has 3 heterocycles. The highest BCUT2D eigenvalue weighted by atomic mass is 16.7. The molecule has 0 saturated carbocycles. The Morgan fingerprint density at radius 2 is 1.66 bits per heavy atom. The predicted molar refractivity (Wildman–Crippen MR) is 268 cm³/mol. The second kappa shape index (κ2) is 25.3. The molecular formula is C54H71N5O12. The molecule has 5 atom stereocenters. The molecule has 0 unspecified atom stereocenters. The Morgan fingerprint density at radius 1 is 0.958 bits per heavy atom. The molecule has 17 heteroatoms. The highest BCUT2D eigenvalue weighted by Gasteiger charge is 2.45. The van der Waals surface area contributed by atoms with Crippen LogP contribution in [0.3, 0.4) is 0 Å². The number of benzene rings is 3. The van der Waals surface area contributed by atoms with Crippen LogP contribution in [0.4, 0.5) is 0 Å². The summed E-state index contributed by atoms with van der Waals surface area (Å²) in [5.41, 5.74) is 11.6. The van der Waals surface area contributed by atoms with Crippen LogP contribution in [0.25, 0.3) is 6.08 Å². The number of nitrogens with zero attached hydrogens (tertiary/aromatic N) is 2. The minimum Gasteiger partial charge on any atom is -0.494 e. The van der Waals surface area contributed by atoms with E-state index >= 15 is 0 Å². The number of hydrogen-bond acceptors (Lipinski definition) is 13. The molecule has 6 rings (SSSR count). The molecule has 3 aromatic carbocycles. The van der Waals surface area contributed by atoms with Crippen LogP contribution in [0.1, 0.15) is 109 Å². The molecule has 1 amide bonds. The van der Waals surface area contributed by atoms with E-state index in [0.717, 1.165) is 51.2 Å². The molecule has 17 nitrogen and oxygen atoms in total. The molecule has 0 bridgehead atoms. The summed E-state index contributed by atoms with van der Waals surface area (Å²) in [5, 5.41) is 59.7. The van der Waals surface area contributed by atoms with Gasteiger partial charge in [0.15, 0.2) is 5.60 Å². The third kappa shape index (κ3) is 15.4. The molecule has 0 aliphatic carbocycles. The number of aryl methyl sites for hydroxylation is 2. The zero-order chi connectivity index (χ0) is 52.0. The van der Waals surface area contributed by atoms with Crippen molar-refractivity contribution in [3.8, 4) is 11.6 Å². The Kier molecular flexibility index (Phi) is 19.8. The molecule has 1 aliphatic heterocycles. The van der Waals surface area contributed by atoms with Gasteiger partial charge in [-0.25, -0.2) is 4.79 Å². The van der Waals surface area contributed by atoms with Crippen molar-refractivity contribution in [1.29, 1.82) is 0 Å². The van der Waals surface area contributed by atoms with Gasteiger partial charge >= 0.3 is 5.97 Å². The molecule has 0 radical (unpaired) electrons. The molecule has 0 spiro atoms. The normalized spacial score (nSPS) is 18.3. The maximum Gasteiger partial charge on any atom is 0.335 e. The number of aliphatic carboxylic acids is 1. The number of amides is 1. The quantitative estimate of drug-likeness (QED) is 0.0293. The first kappa shape index (κ1) is 55.7. The Morgan fingerprint density at radius 3 is 2.30 bits per heavy atom. The van der Waals surface area contributed by atoms with Crippen molar-refractivity contribution < 1.29 is 58.9 Å². The maximum atomic E-state index is 12.8. The fourth-order valence-electron chi connectivity index (χ4n) is 7.39. The number of aromatic nitrogens is 3. The Bertz CT molecular complexity index is 2550. The lowest BCUT2D eigenvalue weighted by Crippen LogP contribution is -2.60. The highest BCUT2D eigenvalue weighted by Crippen LogP contribution is 2.32. The van der Waals surface area contributed by atoms with E-state index < -0.39 is 54.3 Å². The van der Waals surface area contributed by atoms with Gasteiger partial charge in [-0.05, 0) is 107 Å². The minimum atomic E-state index is -1.55. The highest BCUT2D eigenvalue weighted by molar-refractivity contribution is 6.08. The second-order valence-electron chi connectivity index (χ2n) is 19.3. The lowest BCUT2D eigenvalue weighted by molar-refractivity contribution is -0.278. The number of ketones is 1. The van der Waals surface area contributed by atoms with Crippen LogP contribution in [0.5, 0.6) is 11.6 Å². The van der Waals surface area contributed by atoms with Crippen molar-refractivity contribution in [3.63, 3.8) is 0 Å². The number of carboxylic acid groups (broad SMARTS) is 1. The van der Waals surface area contributed by atoms with Crippen molar-refractivity contribution in [2.45, 2.75) is 124 Å². The molecule has 71 heavy (non-hydrogen) atoms. The van der Waals surface area contributed by atoms with E-state index in [1.54, 1.807) is 13.8 Å². The SMILES string of the molecule is Cc1cc(OCCCNCC(C)(C)C(N)=O)ccc1Cc1c(O[C@@H]2O[C@H](CO)[C@@H](O)[C@H](O)[C@H]2O)n[nH]c1C(C)C.Cc1ccc(C(=O)c2cccn2C/C=C/c2ccc(COC(C)(C)C(=O)O)cc2)cc1. The topological polar surface area (TPSA) is 261 Å². The van der Waals surface area contributed by atoms with Crippen LogP contribution >= 0.6 is 0 Å². The van der Waals surface area contributed by atoms with E-state index in [1.807, 2.05) is 129 Å². The number of allylic oxidation sites excluding steroid dienone is 1. The van der Waals surface area contributed by atoms with E-state index in [2.05, 4.69) is 15.5 Å². The van der Waals surface area contributed by atoms with E-state index in [9.17, 15) is 34.8 Å². The predicted octanol–water partition coefficient (Wildman–Crippen LogP) is 5.60. The van der Waals surface area contributed by atoms with Gasteiger partial charge in [-0.2, -0.15) is 0 Å². The molecule has 1 fully saturated rings. The number of primary amides is 1. The van der Waals surface area contributed by atoms with Crippen molar-refractivity contribution in [2.24, 2.45) is 11.1 Å². The minimum absolute atomic E-state index is 0.00652. The maximum absolute atomic E-state index is 12.8. The molecule has 1 aliphatic rings. The van der Waals surface area contributed by atoms with Gasteiger partial charge in [-0.3, -0.25) is 14.7 Å².